The van der Waals surface area contributed by atoms with E-state index in [1.54, 1.807) is 13.8 Å². The topological polar surface area (TPSA) is 165 Å². The van der Waals surface area contributed by atoms with Gasteiger partial charge in [-0.3, -0.25) is 29.8 Å². The quantitative estimate of drug-likeness (QED) is 0.298. The molecule has 0 heterocycles. The number of amides is 1. The second-order valence-corrected chi connectivity index (χ2v) is 6.16. The van der Waals surface area contributed by atoms with Crippen LogP contribution in [0.2, 0.25) is 0 Å². The Balaban J connectivity index is 2.94. The van der Waals surface area contributed by atoms with E-state index >= 15 is 0 Å². The van der Waals surface area contributed by atoms with Crippen LogP contribution < -0.4 is 10.6 Å². The van der Waals surface area contributed by atoms with Crippen LogP contribution in [-0.2, 0) is 4.79 Å². The number of nitro benzene ring substituents is 2. The van der Waals surface area contributed by atoms with Gasteiger partial charge in [0, 0.05) is 31.1 Å². The zero-order chi connectivity index (χ0) is 20.6. The number of carboxylic acid groups (broad SMARTS) is 1. The number of anilines is 1. The third-order valence-electron chi connectivity index (χ3n) is 3.54. The number of unbranched alkanes of at least 4 members (excludes halogenated alkanes) is 2. The predicted octanol–water partition coefficient (Wildman–Crippen LogP) is 2.70. The van der Waals surface area contributed by atoms with Gasteiger partial charge >= 0.3 is 5.97 Å². The molecule has 0 bridgehead atoms. The van der Waals surface area contributed by atoms with Crippen molar-refractivity contribution in [2.45, 2.75) is 45.6 Å². The van der Waals surface area contributed by atoms with Gasteiger partial charge in [0.25, 0.3) is 17.3 Å². The molecule has 0 radical (unpaired) electrons. The first kappa shape index (κ1) is 21.8. The number of nitro groups is 2. The van der Waals surface area contributed by atoms with E-state index in [9.17, 15) is 29.8 Å². The van der Waals surface area contributed by atoms with Crippen LogP contribution in [0, 0.1) is 20.2 Å². The monoisotopic (exact) mass is 382 g/mol. The van der Waals surface area contributed by atoms with Crippen molar-refractivity contribution < 1.29 is 24.5 Å². The maximum atomic E-state index is 12.2. The molecule has 1 aromatic rings. The van der Waals surface area contributed by atoms with Crippen molar-refractivity contribution in [3.05, 3.63) is 37.9 Å². The zero-order valence-electron chi connectivity index (χ0n) is 15.1. The average molecular weight is 382 g/mol. The molecule has 0 aromatic heterocycles. The largest absolute Gasteiger partial charge is 0.481 e. The van der Waals surface area contributed by atoms with Gasteiger partial charge < -0.3 is 15.7 Å². The number of nitrogens with zero attached hydrogens (tertiary/aromatic N) is 2. The van der Waals surface area contributed by atoms with Crippen molar-refractivity contribution in [1.29, 1.82) is 0 Å². The molecule has 27 heavy (non-hydrogen) atoms. The summed E-state index contributed by atoms with van der Waals surface area (Å²) < 4.78 is 0. The zero-order valence-corrected chi connectivity index (χ0v) is 15.1. The molecule has 1 aromatic carbocycles. The number of aliphatic carboxylic acids is 1. The molecule has 0 saturated carbocycles. The summed E-state index contributed by atoms with van der Waals surface area (Å²) in [7, 11) is 0. The Bertz CT molecular complexity index is 698. The van der Waals surface area contributed by atoms with E-state index in [0.717, 1.165) is 12.1 Å². The molecule has 11 heteroatoms. The van der Waals surface area contributed by atoms with Crippen molar-refractivity contribution >= 4 is 28.9 Å². The van der Waals surface area contributed by atoms with Gasteiger partial charge in [0.2, 0.25) is 0 Å². The number of rotatable bonds is 11. The minimum atomic E-state index is -0.895. The minimum Gasteiger partial charge on any atom is -0.481 e. The number of carbonyl (C=O) groups excluding carboxylic acids is 1. The van der Waals surface area contributed by atoms with E-state index in [0.29, 0.717) is 19.3 Å². The first-order valence-electron chi connectivity index (χ1n) is 8.36. The average Bonchev–Trinajstić information content (AvgIpc) is 2.56. The fourth-order valence-electron chi connectivity index (χ4n) is 2.35. The predicted molar refractivity (Wildman–Crippen MR) is 96.9 cm³/mol. The number of hydrogen-bond donors (Lipinski definition) is 3. The van der Waals surface area contributed by atoms with E-state index in [4.69, 9.17) is 5.11 Å². The molecular formula is C16H22N4O7. The molecule has 0 atom stereocenters. The summed E-state index contributed by atoms with van der Waals surface area (Å²) in [4.78, 5) is 43.7. The molecule has 0 aliphatic heterocycles. The highest BCUT2D eigenvalue weighted by Gasteiger charge is 2.28. The molecule has 148 valence electrons. The number of carboxylic acids is 1. The summed E-state index contributed by atoms with van der Waals surface area (Å²) in [6.07, 6.45) is 1.62. The van der Waals surface area contributed by atoms with Gasteiger partial charge in [-0.15, -0.1) is 0 Å². The maximum Gasteiger partial charge on any atom is 0.303 e. The molecule has 0 fully saturated rings. The Hall–Kier alpha value is -3.24. The van der Waals surface area contributed by atoms with Crippen LogP contribution in [0.5, 0.6) is 0 Å². The van der Waals surface area contributed by atoms with E-state index < -0.39 is 33.1 Å². The molecule has 0 aliphatic carbocycles. The van der Waals surface area contributed by atoms with Crippen molar-refractivity contribution in [3.8, 4) is 0 Å². The van der Waals surface area contributed by atoms with Crippen molar-refractivity contribution in [2.24, 2.45) is 0 Å². The van der Waals surface area contributed by atoms with Crippen LogP contribution in [0.15, 0.2) is 12.1 Å². The third kappa shape index (κ3) is 6.88. The van der Waals surface area contributed by atoms with Gasteiger partial charge in [-0.25, -0.2) is 0 Å². The molecule has 0 spiro atoms. The van der Waals surface area contributed by atoms with E-state index in [-0.39, 0.29) is 30.3 Å². The number of hydrogen-bond acceptors (Lipinski definition) is 7. The van der Waals surface area contributed by atoms with Gasteiger partial charge in [0.1, 0.15) is 0 Å². The minimum absolute atomic E-state index is 0.0383. The Morgan fingerprint density at radius 3 is 2.07 bits per heavy atom. The molecular weight excluding hydrogens is 360 g/mol. The molecule has 1 amide bonds. The maximum absolute atomic E-state index is 12.2. The van der Waals surface area contributed by atoms with Crippen LogP contribution in [-0.4, -0.2) is 39.4 Å². The highest BCUT2D eigenvalue weighted by molar-refractivity contribution is 5.97. The molecule has 0 unspecified atom stereocenters. The normalized spacial score (nSPS) is 10.5. The van der Waals surface area contributed by atoms with Crippen LogP contribution in [0.4, 0.5) is 17.1 Å². The molecule has 11 nitrogen and oxygen atoms in total. The number of benzene rings is 1. The van der Waals surface area contributed by atoms with Crippen LogP contribution in [0.25, 0.3) is 0 Å². The first-order valence-corrected chi connectivity index (χ1v) is 8.36. The van der Waals surface area contributed by atoms with Gasteiger partial charge in [0.15, 0.2) is 5.69 Å². The van der Waals surface area contributed by atoms with E-state index in [1.165, 1.54) is 0 Å². The van der Waals surface area contributed by atoms with Crippen molar-refractivity contribution in [2.75, 3.05) is 11.9 Å². The number of carbonyl (C=O) groups is 2. The molecule has 3 N–H and O–H groups in total. The first-order chi connectivity index (χ1) is 12.6. The Labute approximate surface area is 155 Å². The summed E-state index contributed by atoms with van der Waals surface area (Å²) in [5, 5.41) is 36.4. The van der Waals surface area contributed by atoms with E-state index in [1.807, 2.05) is 0 Å². The Kier molecular flexibility index (Phi) is 8.11. The third-order valence-corrected chi connectivity index (χ3v) is 3.54. The summed E-state index contributed by atoms with van der Waals surface area (Å²) in [5.41, 5.74) is -1.53. The lowest BCUT2D eigenvalue weighted by molar-refractivity contribution is -0.392. The van der Waals surface area contributed by atoms with Crippen molar-refractivity contribution in [1.82, 2.24) is 5.32 Å². The highest BCUT2D eigenvalue weighted by atomic mass is 16.6. The summed E-state index contributed by atoms with van der Waals surface area (Å²) >= 11 is 0. The van der Waals surface area contributed by atoms with Gasteiger partial charge in [-0.2, -0.15) is 0 Å². The van der Waals surface area contributed by atoms with Gasteiger partial charge in [0.05, 0.1) is 15.4 Å². The fourth-order valence-corrected chi connectivity index (χ4v) is 2.35. The second kappa shape index (κ2) is 10.0. The van der Waals surface area contributed by atoms with Gasteiger partial charge in [-0.1, -0.05) is 6.42 Å². The SMILES string of the molecule is CC(C)Nc1c([N+](=O)[O-])cc(C(=O)NCCCCCC(=O)O)cc1[N+](=O)[O-]. The second-order valence-electron chi connectivity index (χ2n) is 6.16. The van der Waals surface area contributed by atoms with Gasteiger partial charge in [-0.05, 0) is 26.7 Å². The molecule has 0 saturated heterocycles. The lowest BCUT2D eigenvalue weighted by Gasteiger charge is -2.12. The highest BCUT2D eigenvalue weighted by Crippen LogP contribution is 2.36. The smallest absolute Gasteiger partial charge is 0.303 e. The fraction of sp³-hybridized carbons (Fsp3) is 0.500. The molecule has 1 rings (SSSR count). The number of nitrogens with one attached hydrogen (secondary N) is 2. The van der Waals surface area contributed by atoms with E-state index in [2.05, 4.69) is 10.6 Å². The van der Waals surface area contributed by atoms with Crippen LogP contribution in [0.3, 0.4) is 0 Å². The van der Waals surface area contributed by atoms with Crippen LogP contribution >= 0.6 is 0 Å². The lowest BCUT2D eigenvalue weighted by atomic mass is 10.1. The standard InChI is InChI=1S/C16H22N4O7/c1-10(2)18-15-12(19(24)25)8-11(9-13(15)20(26)27)16(23)17-7-5-3-4-6-14(21)22/h8-10,18H,3-7H2,1-2H3,(H,17,23)(H,21,22). The molecule has 0 aliphatic rings. The lowest BCUT2D eigenvalue weighted by Crippen LogP contribution is -2.25. The summed E-state index contributed by atoms with van der Waals surface area (Å²) in [6.45, 7) is 3.59. The Morgan fingerprint density at radius 2 is 1.63 bits per heavy atom. The van der Waals surface area contributed by atoms with Crippen LogP contribution in [0.1, 0.15) is 49.9 Å². The summed E-state index contributed by atoms with van der Waals surface area (Å²) in [6, 6.07) is 1.71. The summed E-state index contributed by atoms with van der Waals surface area (Å²) in [5.74, 6) is -1.57. The van der Waals surface area contributed by atoms with Crippen molar-refractivity contribution in [3.63, 3.8) is 0 Å². The Morgan fingerprint density at radius 1 is 1.07 bits per heavy atom.